The van der Waals surface area contributed by atoms with Gasteiger partial charge < -0.3 is 14.6 Å². The number of hydrogen-bond acceptors (Lipinski definition) is 2. The molecule has 1 aliphatic heterocycles. The molecule has 0 saturated carbocycles. The lowest BCUT2D eigenvalue weighted by Crippen LogP contribution is -2.38. The van der Waals surface area contributed by atoms with Crippen LogP contribution in [0.15, 0.2) is 36.5 Å². The first-order valence-electron chi connectivity index (χ1n) is 7.73. The lowest BCUT2D eigenvalue weighted by atomic mass is 10.1. The van der Waals surface area contributed by atoms with Gasteiger partial charge in [0.15, 0.2) is 0 Å². The van der Waals surface area contributed by atoms with Crippen LogP contribution >= 0.6 is 0 Å². The number of fused-ring (bicyclic) bond motifs is 1. The standard InChI is InChI=1S/C17H17F3N2O2/c1-2-4-13-9-21-16(23)15-8-12(10-22(13)15)11-5-3-6-14(7-11)24-17(18,19)20/h3,5-8,10,13H,2,4,9H2,1H3,(H,21,23). The number of carbonyl (C=O) groups is 1. The summed E-state index contributed by atoms with van der Waals surface area (Å²) in [6.45, 7) is 2.63. The second-order valence-corrected chi connectivity index (χ2v) is 5.75. The van der Waals surface area contributed by atoms with Crippen molar-refractivity contribution in [3.63, 3.8) is 0 Å². The van der Waals surface area contributed by atoms with E-state index in [1.165, 1.54) is 18.2 Å². The van der Waals surface area contributed by atoms with Gasteiger partial charge in [0.2, 0.25) is 0 Å². The molecule has 0 fully saturated rings. The summed E-state index contributed by atoms with van der Waals surface area (Å²) in [6.07, 6.45) is -1.02. The number of benzene rings is 1. The first kappa shape index (κ1) is 16.4. The minimum atomic E-state index is -4.73. The lowest BCUT2D eigenvalue weighted by Gasteiger charge is -2.26. The third kappa shape index (κ3) is 3.39. The third-order valence-corrected chi connectivity index (χ3v) is 4.00. The van der Waals surface area contributed by atoms with Crippen molar-refractivity contribution in [3.05, 3.63) is 42.2 Å². The van der Waals surface area contributed by atoms with Gasteiger partial charge in [0, 0.05) is 18.3 Å². The highest BCUT2D eigenvalue weighted by Crippen LogP contribution is 2.31. The van der Waals surface area contributed by atoms with E-state index in [1.54, 1.807) is 12.1 Å². The molecule has 0 bridgehead atoms. The minimum absolute atomic E-state index is 0.158. The summed E-state index contributed by atoms with van der Waals surface area (Å²) in [5.41, 5.74) is 1.79. The van der Waals surface area contributed by atoms with Crippen LogP contribution in [0.5, 0.6) is 5.75 Å². The summed E-state index contributed by atoms with van der Waals surface area (Å²) >= 11 is 0. The van der Waals surface area contributed by atoms with Crippen molar-refractivity contribution in [2.24, 2.45) is 0 Å². The van der Waals surface area contributed by atoms with Crippen molar-refractivity contribution >= 4 is 5.91 Å². The minimum Gasteiger partial charge on any atom is -0.406 e. The molecule has 128 valence electrons. The SMILES string of the molecule is CCCC1CNC(=O)c2cc(-c3cccc(OC(F)(F)F)c3)cn21. The van der Waals surface area contributed by atoms with Crippen molar-refractivity contribution in [3.8, 4) is 16.9 Å². The second-order valence-electron chi connectivity index (χ2n) is 5.75. The first-order chi connectivity index (χ1) is 11.4. The van der Waals surface area contributed by atoms with Gasteiger partial charge in [0.05, 0.1) is 6.04 Å². The van der Waals surface area contributed by atoms with Crippen molar-refractivity contribution in [1.29, 1.82) is 0 Å². The zero-order chi connectivity index (χ0) is 17.3. The molecule has 3 rings (SSSR count). The molecular weight excluding hydrogens is 321 g/mol. The van der Waals surface area contributed by atoms with Gasteiger partial charge in [0.25, 0.3) is 5.91 Å². The van der Waals surface area contributed by atoms with Gasteiger partial charge in [-0.2, -0.15) is 0 Å². The fraction of sp³-hybridized carbons (Fsp3) is 0.353. The van der Waals surface area contributed by atoms with E-state index in [1.807, 2.05) is 10.8 Å². The average Bonchev–Trinajstić information content (AvgIpc) is 2.95. The number of hydrogen-bond donors (Lipinski definition) is 1. The molecule has 1 amide bonds. The summed E-state index contributed by atoms with van der Waals surface area (Å²) in [6, 6.07) is 7.62. The van der Waals surface area contributed by atoms with E-state index in [0.717, 1.165) is 12.8 Å². The molecule has 1 N–H and O–H groups in total. The molecule has 4 nitrogen and oxygen atoms in total. The highest BCUT2D eigenvalue weighted by atomic mass is 19.4. The van der Waals surface area contributed by atoms with E-state index >= 15 is 0 Å². The van der Waals surface area contributed by atoms with Crippen LogP contribution < -0.4 is 10.1 Å². The van der Waals surface area contributed by atoms with Crippen molar-refractivity contribution in [1.82, 2.24) is 9.88 Å². The predicted octanol–water partition coefficient (Wildman–Crippen LogP) is 4.14. The van der Waals surface area contributed by atoms with Crippen LogP contribution in [0.2, 0.25) is 0 Å². The Morgan fingerprint density at radius 2 is 2.08 bits per heavy atom. The van der Waals surface area contributed by atoms with E-state index < -0.39 is 6.36 Å². The molecular formula is C17H17F3N2O2. The average molecular weight is 338 g/mol. The summed E-state index contributed by atoms with van der Waals surface area (Å²) in [7, 11) is 0. The van der Waals surface area contributed by atoms with Crippen LogP contribution in [0.25, 0.3) is 11.1 Å². The smallest absolute Gasteiger partial charge is 0.406 e. The maximum Gasteiger partial charge on any atom is 0.573 e. The Hall–Kier alpha value is -2.44. The molecule has 1 aromatic heterocycles. The van der Waals surface area contributed by atoms with E-state index in [4.69, 9.17) is 0 Å². The zero-order valence-corrected chi connectivity index (χ0v) is 13.1. The maximum absolute atomic E-state index is 12.4. The Morgan fingerprint density at radius 3 is 2.79 bits per heavy atom. The van der Waals surface area contributed by atoms with E-state index in [-0.39, 0.29) is 17.7 Å². The van der Waals surface area contributed by atoms with Crippen LogP contribution in [-0.4, -0.2) is 23.4 Å². The highest BCUT2D eigenvalue weighted by molar-refractivity contribution is 5.95. The van der Waals surface area contributed by atoms with Gasteiger partial charge in [0.1, 0.15) is 11.4 Å². The van der Waals surface area contributed by atoms with E-state index in [0.29, 0.717) is 23.4 Å². The van der Waals surface area contributed by atoms with Gasteiger partial charge in [-0.3, -0.25) is 4.79 Å². The molecule has 2 aromatic rings. The predicted molar refractivity (Wildman–Crippen MR) is 82.8 cm³/mol. The quantitative estimate of drug-likeness (QED) is 0.910. The third-order valence-electron chi connectivity index (χ3n) is 4.00. The number of nitrogens with zero attached hydrogens (tertiary/aromatic N) is 1. The Kier molecular flexibility index (Phi) is 4.26. The van der Waals surface area contributed by atoms with Gasteiger partial charge in [-0.05, 0) is 30.2 Å². The molecule has 0 spiro atoms. The molecule has 0 radical (unpaired) electrons. The Balaban J connectivity index is 1.95. The molecule has 1 aromatic carbocycles. The van der Waals surface area contributed by atoms with E-state index in [2.05, 4.69) is 17.0 Å². The number of carbonyl (C=O) groups excluding carboxylic acids is 1. The van der Waals surface area contributed by atoms with Gasteiger partial charge in [-0.1, -0.05) is 25.5 Å². The van der Waals surface area contributed by atoms with Gasteiger partial charge in [-0.25, -0.2) is 0 Å². The normalized spacial score (nSPS) is 17.3. The fourth-order valence-corrected chi connectivity index (χ4v) is 2.97. The number of nitrogens with one attached hydrogen (secondary N) is 1. The maximum atomic E-state index is 12.4. The van der Waals surface area contributed by atoms with Crippen molar-refractivity contribution < 1.29 is 22.7 Å². The van der Waals surface area contributed by atoms with E-state index in [9.17, 15) is 18.0 Å². The zero-order valence-electron chi connectivity index (χ0n) is 13.1. The summed E-state index contributed by atoms with van der Waals surface area (Å²) in [5.74, 6) is -0.449. The van der Waals surface area contributed by atoms with Crippen LogP contribution in [0.4, 0.5) is 13.2 Å². The highest BCUT2D eigenvalue weighted by Gasteiger charge is 2.31. The monoisotopic (exact) mass is 338 g/mol. The summed E-state index contributed by atoms with van der Waals surface area (Å²) in [5, 5.41) is 2.85. The summed E-state index contributed by atoms with van der Waals surface area (Å²) < 4.78 is 43.0. The van der Waals surface area contributed by atoms with Crippen molar-refractivity contribution in [2.75, 3.05) is 6.54 Å². The van der Waals surface area contributed by atoms with Crippen molar-refractivity contribution in [2.45, 2.75) is 32.2 Å². The Morgan fingerprint density at radius 1 is 1.29 bits per heavy atom. The number of halogens is 3. The molecule has 1 unspecified atom stereocenters. The van der Waals surface area contributed by atoms with Gasteiger partial charge >= 0.3 is 6.36 Å². The van der Waals surface area contributed by atoms with Crippen LogP contribution in [-0.2, 0) is 0 Å². The lowest BCUT2D eigenvalue weighted by molar-refractivity contribution is -0.274. The van der Waals surface area contributed by atoms with Crippen LogP contribution in [0.1, 0.15) is 36.3 Å². The number of alkyl halides is 3. The Bertz CT molecular complexity index is 753. The number of rotatable bonds is 4. The number of ether oxygens (including phenoxy) is 1. The molecule has 1 atom stereocenters. The summed E-state index contributed by atoms with van der Waals surface area (Å²) in [4.78, 5) is 12.0. The first-order valence-corrected chi connectivity index (χ1v) is 7.73. The van der Waals surface area contributed by atoms with Gasteiger partial charge in [-0.15, -0.1) is 13.2 Å². The molecule has 0 saturated heterocycles. The largest absolute Gasteiger partial charge is 0.573 e. The van der Waals surface area contributed by atoms with Crippen LogP contribution in [0.3, 0.4) is 0 Å². The van der Waals surface area contributed by atoms with Crippen LogP contribution in [0, 0.1) is 0 Å². The second kappa shape index (κ2) is 6.22. The number of aromatic nitrogens is 1. The number of amides is 1. The fourth-order valence-electron chi connectivity index (χ4n) is 2.97. The Labute approximate surface area is 137 Å². The molecule has 1 aliphatic rings. The molecule has 0 aliphatic carbocycles. The molecule has 7 heteroatoms. The molecule has 24 heavy (non-hydrogen) atoms. The topological polar surface area (TPSA) is 43.3 Å². The molecule has 2 heterocycles.